The van der Waals surface area contributed by atoms with E-state index < -0.39 is 0 Å². The van der Waals surface area contributed by atoms with Crippen LogP contribution in [0.4, 0.5) is 0 Å². The topological polar surface area (TPSA) is 29.1 Å². The number of carbonyl (C=O) groups excluding carboxylic acids is 1. The predicted molar refractivity (Wildman–Crippen MR) is 59.6 cm³/mol. The van der Waals surface area contributed by atoms with E-state index in [4.69, 9.17) is 0 Å². The standard InChI is InChI=1S/C13H21NO/c15-13(7-9-1-2-9)8-10-5-11-3-4-12(6-10)14-11/h9-12,14H,1-8H2. The molecule has 3 aliphatic rings. The third-order valence-electron chi connectivity index (χ3n) is 4.30. The Balaban J connectivity index is 1.48. The van der Waals surface area contributed by atoms with Crippen molar-refractivity contribution in [3.63, 3.8) is 0 Å². The van der Waals surface area contributed by atoms with Gasteiger partial charge in [-0.1, -0.05) is 0 Å². The second kappa shape index (κ2) is 3.89. The van der Waals surface area contributed by atoms with Gasteiger partial charge in [0.2, 0.25) is 0 Å². The lowest BCUT2D eigenvalue weighted by atomic mass is 9.87. The van der Waals surface area contributed by atoms with E-state index in [0.717, 1.165) is 30.8 Å². The number of rotatable bonds is 4. The van der Waals surface area contributed by atoms with E-state index in [0.29, 0.717) is 11.7 Å². The Bertz CT molecular complexity index is 247. The zero-order valence-corrected chi connectivity index (χ0v) is 9.37. The highest BCUT2D eigenvalue weighted by atomic mass is 16.1. The van der Waals surface area contributed by atoms with Gasteiger partial charge >= 0.3 is 0 Å². The number of hydrogen-bond acceptors (Lipinski definition) is 2. The maximum atomic E-state index is 11.8. The van der Waals surface area contributed by atoms with Crippen molar-refractivity contribution < 1.29 is 4.79 Å². The maximum absolute atomic E-state index is 11.8. The molecule has 0 amide bonds. The first-order valence-electron chi connectivity index (χ1n) is 6.57. The van der Waals surface area contributed by atoms with Crippen LogP contribution in [0.25, 0.3) is 0 Å². The summed E-state index contributed by atoms with van der Waals surface area (Å²) < 4.78 is 0. The average Bonchev–Trinajstić information content (AvgIpc) is 2.92. The van der Waals surface area contributed by atoms with Gasteiger partial charge in [-0.3, -0.25) is 4.79 Å². The Morgan fingerprint density at radius 3 is 2.13 bits per heavy atom. The van der Waals surface area contributed by atoms with Crippen LogP contribution in [0, 0.1) is 11.8 Å². The number of piperidine rings is 1. The fraction of sp³-hybridized carbons (Fsp3) is 0.923. The van der Waals surface area contributed by atoms with Gasteiger partial charge in [0.1, 0.15) is 5.78 Å². The molecule has 2 bridgehead atoms. The minimum atomic E-state index is 0.545. The number of nitrogens with one attached hydrogen (secondary N) is 1. The summed E-state index contributed by atoms with van der Waals surface area (Å²) in [5.41, 5.74) is 0. The van der Waals surface area contributed by atoms with Gasteiger partial charge in [0, 0.05) is 24.9 Å². The zero-order valence-electron chi connectivity index (χ0n) is 9.37. The molecule has 1 saturated carbocycles. The molecule has 1 N–H and O–H groups in total. The molecular weight excluding hydrogens is 186 g/mol. The number of ketones is 1. The molecule has 0 aromatic carbocycles. The summed E-state index contributed by atoms with van der Waals surface area (Å²) in [7, 11) is 0. The van der Waals surface area contributed by atoms with Crippen LogP contribution in [0.1, 0.15) is 51.4 Å². The second-order valence-electron chi connectivity index (χ2n) is 5.87. The molecule has 0 aromatic heterocycles. The molecule has 0 radical (unpaired) electrons. The van der Waals surface area contributed by atoms with Crippen molar-refractivity contribution in [1.29, 1.82) is 0 Å². The largest absolute Gasteiger partial charge is 0.311 e. The molecule has 0 aromatic rings. The van der Waals surface area contributed by atoms with Crippen LogP contribution >= 0.6 is 0 Å². The maximum Gasteiger partial charge on any atom is 0.133 e. The van der Waals surface area contributed by atoms with E-state index in [1.165, 1.54) is 38.5 Å². The fourth-order valence-corrected chi connectivity index (χ4v) is 3.39. The molecule has 84 valence electrons. The summed E-state index contributed by atoms with van der Waals surface area (Å²) in [5.74, 6) is 2.02. The third-order valence-corrected chi connectivity index (χ3v) is 4.30. The highest BCUT2D eigenvalue weighted by molar-refractivity contribution is 5.79. The van der Waals surface area contributed by atoms with Crippen molar-refractivity contribution in [2.75, 3.05) is 0 Å². The summed E-state index contributed by atoms with van der Waals surface area (Å²) in [4.78, 5) is 11.8. The minimum Gasteiger partial charge on any atom is -0.311 e. The lowest BCUT2D eigenvalue weighted by Gasteiger charge is -2.28. The molecule has 2 heterocycles. The van der Waals surface area contributed by atoms with Crippen molar-refractivity contribution in [3.8, 4) is 0 Å². The Kier molecular flexibility index (Phi) is 2.55. The zero-order chi connectivity index (χ0) is 10.3. The first-order valence-corrected chi connectivity index (χ1v) is 6.57. The van der Waals surface area contributed by atoms with E-state index in [-0.39, 0.29) is 0 Å². The molecule has 2 unspecified atom stereocenters. The number of Topliss-reactive ketones (excluding diaryl/α,β-unsaturated/α-hetero) is 1. The van der Waals surface area contributed by atoms with E-state index in [1.54, 1.807) is 0 Å². The lowest BCUT2D eigenvalue weighted by Crippen LogP contribution is -2.38. The predicted octanol–water partition coefficient (Wildman–Crippen LogP) is 2.28. The van der Waals surface area contributed by atoms with Crippen molar-refractivity contribution in [2.45, 2.75) is 63.5 Å². The Morgan fingerprint density at radius 2 is 1.53 bits per heavy atom. The molecule has 2 aliphatic heterocycles. The summed E-state index contributed by atoms with van der Waals surface area (Å²) in [6, 6.07) is 1.48. The van der Waals surface area contributed by atoms with Gasteiger partial charge in [-0.2, -0.15) is 0 Å². The quantitative estimate of drug-likeness (QED) is 0.766. The lowest BCUT2D eigenvalue weighted by molar-refractivity contribution is -0.120. The molecule has 2 heteroatoms. The van der Waals surface area contributed by atoms with Crippen molar-refractivity contribution in [3.05, 3.63) is 0 Å². The fourth-order valence-electron chi connectivity index (χ4n) is 3.39. The van der Waals surface area contributed by atoms with Gasteiger partial charge in [0.15, 0.2) is 0 Å². The van der Waals surface area contributed by atoms with Gasteiger partial charge < -0.3 is 5.32 Å². The molecule has 15 heavy (non-hydrogen) atoms. The molecule has 3 fully saturated rings. The first kappa shape index (κ1) is 9.83. The normalized spacial score (nSPS) is 39.3. The molecule has 2 nitrogen and oxygen atoms in total. The molecule has 0 spiro atoms. The van der Waals surface area contributed by atoms with Crippen LogP contribution in [0.15, 0.2) is 0 Å². The van der Waals surface area contributed by atoms with Crippen molar-refractivity contribution in [1.82, 2.24) is 5.32 Å². The van der Waals surface area contributed by atoms with Gasteiger partial charge in [0.25, 0.3) is 0 Å². The van der Waals surface area contributed by atoms with Crippen LogP contribution in [-0.2, 0) is 4.79 Å². The van der Waals surface area contributed by atoms with Crippen LogP contribution in [-0.4, -0.2) is 17.9 Å². The molecule has 2 atom stereocenters. The highest BCUT2D eigenvalue weighted by Gasteiger charge is 2.34. The Labute approximate surface area is 91.8 Å². The van der Waals surface area contributed by atoms with E-state index >= 15 is 0 Å². The van der Waals surface area contributed by atoms with Crippen molar-refractivity contribution >= 4 is 5.78 Å². The second-order valence-corrected chi connectivity index (χ2v) is 5.87. The van der Waals surface area contributed by atoms with E-state index in [2.05, 4.69) is 5.32 Å². The van der Waals surface area contributed by atoms with Crippen molar-refractivity contribution in [2.24, 2.45) is 11.8 Å². The summed E-state index contributed by atoms with van der Waals surface area (Å²) in [6.07, 6.45) is 9.59. The van der Waals surface area contributed by atoms with Gasteiger partial charge in [-0.15, -0.1) is 0 Å². The van der Waals surface area contributed by atoms with Gasteiger partial charge in [0.05, 0.1) is 0 Å². The van der Waals surface area contributed by atoms with Crippen LogP contribution in [0.3, 0.4) is 0 Å². The number of carbonyl (C=O) groups is 1. The third kappa shape index (κ3) is 2.41. The highest BCUT2D eigenvalue weighted by Crippen LogP contribution is 2.36. The first-order chi connectivity index (χ1) is 7.29. The van der Waals surface area contributed by atoms with E-state index in [9.17, 15) is 4.79 Å². The van der Waals surface area contributed by atoms with E-state index in [1.807, 2.05) is 0 Å². The Morgan fingerprint density at radius 1 is 0.933 bits per heavy atom. The number of hydrogen-bond donors (Lipinski definition) is 1. The summed E-state index contributed by atoms with van der Waals surface area (Å²) in [6.45, 7) is 0. The smallest absolute Gasteiger partial charge is 0.133 e. The Hall–Kier alpha value is -0.370. The van der Waals surface area contributed by atoms with Crippen LogP contribution < -0.4 is 5.32 Å². The molecular formula is C13H21NO. The van der Waals surface area contributed by atoms with Crippen LogP contribution in [0.2, 0.25) is 0 Å². The molecule has 3 rings (SSSR count). The van der Waals surface area contributed by atoms with Gasteiger partial charge in [-0.05, 0) is 50.4 Å². The number of fused-ring (bicyclic) bond motifs is 2. The summed E-state index contributed by atoms with van der Waals surface area (Å²) in [5, 5.41) is 3.64. The van der Waals surface area contributed by atoms with Gasteiger partial charge in [-0.25, -0.2) is 0 Å². The molecule has 1 aliphatic carbocycles. The summed E-state index contributed by atoms with van der Waals surface area (Å²) >= 11 is 0. The monoisotopic (exact) mass is 207 g/mol. The SMILES string of the molecule is O=C(CC1CC1)CC1CC2CCC(C1)N2. The average molecular weight is 207 g/mol. The molecule has 2 saturated heterocycles. The van der Waals surface area contributed by atoms with Crippen LogP contribution in [0.5, 0.6) is 0 Å². The minimum absolute atomic E-state index is 0.545.